The maximum atomic E-state index is 13.0. The molecule has 0 radical (unpaired) electrons. The molecule has 45 heavy (non-hydrogen) atoms. The molecule has 0 spiro atoms. The van der Waals surface area contributed by atoms with Crippen molar-refractivity contribution < 1.29 is 19.0 Å². The number of carbonyl (C=O) groups excluding carboxylic acids is 1. The summed E-state index contributed by atoms with van der Waals surface area (Å²) in [5.41, 5.74) is 6.75. The fraction of sp³-hybridized carbons (Fsp3) is 0.400. The zero-order chi connectivity index (χ0) is 31.8. The molecule has 1 saturated heterocycles. The second-order valence-electron chi connectivity index (χ2n) is 12.6. The molecule has 2 N–H and O–H groups in total. The molecule has 10 heteroatoms. The van der Waals surface area contributed by atoms with Crippen LogP contribution in [0.5, 0.6) is 5.75 Å². The van der Waals surface area contributed by atoms with Crippen LogP contribution in [-0.4, -0.2) is 69.4 Å². The minimum Gasteiger partial charge on any atom is -0.492 e. The first-order valence-electron chi connectivity index (χ1n) is 15.4. The maximum Gasteiger partial charge on any atom is 0.341 e. The van der Waals surface area contributed by atoms with Crippen LogP contribution in [0.3, 0.4) is 0 Å². The number of morpholine rings is 1. The number of urea groups is 1. The van der Waals surface area contributed by atoms with Crippen LogP contribution in [-0.2, 0) is 16.0 Å². The Morgan fingerprint density at radius 2 is 1.82 bits per heavy atom. The molecule has 0 bridgehead atoms. The number of amides is 2. The summed E-state index contributed by atoms with van der Waals surface area (Å²) in [7, 11) is 4.08. The fourth-order valence-corrected chi connectivity index (χ4v) is 5.32. The van der Waals surface area contributed by atoms with Gasteiger partial charge in [-0.25, -0.2) is 10.2 Å². The predicted octanol–water partition coefficient (Wildman–Crippen LogP) is 6.69. The van der Waals surface area contributed by atoms with E-state index >= 15 is 0 Å². The van der Waals surface area contributed by atoms with Gasteiger partial charge in [-0.2, -0.15) is 0 Å². The normalized spacial score (nSPS) is 17.6. The standard InChI is InChI=1S/C35H44N6O4/c1-35(2,3)27-22-31(33(45-24-27)26-10-8-9-25(21-26)23-40(4)5)37-39-38-34(42)36-30-13-14-32(29-12-7-6-11-28(29)30)44-20-17-41-15-18-43-19-16-41/h6-14,21-22,24,33H,15-20,23H2,1-5H3,(H2,36,37,38,42). The lowest BCUT2D eigenvalue weighted by molar-refractivity contribution is 0.0323. The van der Waals surface area contributed by atoms with Crippen molar-refractivity contribution >= 4 is 22.5 Å². The average molecular weight is 613 g/mol. The highest BCUT2D eigenvalue weighted by Crippen LogP contribution is 2.38. The zero-order valence-corrected chi connectivity index (χ0v) is 26.9. The molecule has 238 valence electrons. The van der Waals surface area contributed by atoms with Crippen molar-refractivity contribution in [3.8, 4) is 5.75 Å². The highest BCUT2D eigenvalue weighted by molar-refractivity contribution is 6.03. The van der Waals surface area contributed by atoms with Crippen molar-refractivity contribution in [1.82, 2.24) is 15.2 Å². The molecule has 1 fully saturated rings. The number of hydrogen-bond acceptors (Lipinski definition) is 8. The third-order valence-electron chi connectivity index (χ3n) is 7.74. The second-order valence-corrected chi connectivity index (χ2v) is 12.6. The van der Waals surface area contributed by atoms with E-state index in [2.05, 4.69) is 63.8 Å². The van der Waals surface area contributed by atoms with Gasteiger partial charge in [-0.05, 0) is 54.4 Å². The first-order chi connectivity index (χ1) is 21.7. The number of allylic oxidation sites excluding steroid dienone is 2. The van der Waals surface area contributed by atoms with Gasteiger partial charge in [-0.15, -0.1) is 5.11 Å². The molecule has 2 aliphatic rings. The van der Waals surface area contributed by atoms with Crippen LogP contribution in [0.4, 0.5) is 10.5 Å². The van der Waals surface area contributed by atoms with Crippen LogP contribution in [0.15, 0.2) is 94.6 Å². The van der Waals surface area contributed by atoms with E-state index in [9.17, 15) is 4.79 Å². The summed E-state index contributed by atoms with van der Waals surface area (Å²) in [6.07, 6.45) is 3.33. The highest BCUT2D eigenvalue weighted by atomic mass is 16.5. The maximum absolute atomic E-state index is 13.0. The number of carbonyl (C=O) groups is 1. The number of hydrogen-bond donors (Lipinski definition) is 2. The summed E-state index contributed by atoms with van der Waals surface area (Å²) in [5, 5.41) is 13.2. The minimum atomic E-state index is -0.502. The van der Waals surface area contributed by atoms with Crippen molar-refractivity contribution in [2.24, 2.45) is 15.8 Å². The van der Waals surface area contributed by atoms with Crippen LogP contribution >= 0.6 is 0 Å². The Balaban J connectivity index is 1.27. The molecular weight excluding hydrogens is 568 g/mol. The van der Waals surface area contributed by atoms with E-state index in [1.54, 1.807) is 6.26 Å². The Bertz CT molecular complexity index is 1570. The van der Waals surface area contributed by atoms with Crippen molar-refractivity contribution in [2.45, 2.75) is 33.4 Å². The van der Waals surface area contributed by atoms with E-state index in [-0.39, 0.29) is 5.41 Å². The van der Waals surface area contributed by atoms with Crippen molar-refractivity contribution in [1.29, 1.82) is 0 Å². The lowest BCUT2D eigenvalue weighted by atomic mass is 9.85. The molecule has 2 aliphatic heterocycles. The molecular formula is C35H44N6O4. The average Bonchev–Trinajstić information content (AvgIpc) is 3.02. The van der Waals surface area contributed by atoms with Gasteiger partial charge in [0.25, 0.3) is 0 Å². The Morgan fingerprint density at radius 3 is 2.58 bits per heavy atom. The largest absolute Gasteiger partial charge is 0.492 e. The molecule has 2 amide bonds. The van der Waals surface area contributed by atoms with E-state index in [0.29, 0.717) is 18.0 Å². The summed E-state index contributed by atoms with van der Waals surface area (Å²) < 4.78 is 17.8. The summed E-state index contributed by atoms with van der Waals surface area (Å²) >= 11 is 0. The molecule has 3 aromatic carbocycles. The van der Waals surface area contributed by atoms with Gasteiger partial charge in [-0.3, -0.25) is 4.90 Å². The summed E-state index contributed by atoms with van der Waals surface area (Å²) in [5.74, 6) is 0.775. The SMILES string of the molecule is CN(C)Cc1cccc(C2OC=C(C(C)(C)C)C=C2N=NNC(=O)Nc2ccc(OCCN3CCOCC3)c3ccccc23)c1. The predicted molar refractivity (Wildman–Crippen MR) is 177 cm³/mol. The molecule has 1 atom stereocenters. The van der Waals surface area contributed by atoms with Gasteiger partial charge in [0.05, 0.1) is 25.2 Å². The lowest BCUT2D eigenvalue weighted by Gasteiger charge is -2.28. The lowest BCUT2D eigenvalue weighted by Crippen LogP contribution is -2.38. The molecule has 0 aromatic heterocycles. The second kappa shape index (κ2) is 14.7. The Labute approximate surface area is 265 Å². The molecule has 10 nitrogen and oxygen atoms in total. The number of anilines is 1. The number of rotatable bonds is 10. The van der Waals surface area contributed by atoms with Gasteiger partial charge in [0.15, 0.2) is 6.10 Å². The third-order valence-corrected chi connectivity index (χ3v) is 7.74. The van der Waals surface area contributed by atoms with E-state index in [1.165, 1.54) is 5.56 Å². The van der Waals surface area contributed by atoms with E-state index < -0.39 is 12.1 Å². The number of ether oxygens (including phenoxy) is 3. The van der Waals surface area contributed by atoms with Crippen LogP contribution < -0.4 is 15.5 Å². The van der Waals surface area contributed by atoms with Crippen LogP contribution in [0.1, 0.15) is 38.0 Å². The molecule has 0 saturated carbocycles. The van der Waals surface area contributed by atoms with Crippen LogP contribution in [0.25, 0.3) is 10.8 Å². The third kappa shape index (κ3) is 8.69. The van der Waals surface area contributed by atoms with Crippen molar-refractivity contribution in [2.75, 3.05) is 58.9 Å². The molecule has 1 unspecified atom stereocenters. The topological polar surface area (TPSA) is 100 Å². The summed E-state index contributed by atoms with van der Waals surface area (Å²) in [6.45, 7) is 11.9. The van der Waals surface area contributed by atoms with E-state index in [4.69, 9.17) is 14.2 Å². The summed E-state index contributed by atoms with van der Waals surface area (Å²) in [6, 6.07) is 19.3. The molecule has 0 aliphatic carbocycles. The molecule has 2 heterocycles. The number of fused-ring (bicyclic) bond motifs is 1. The zero-order valence-electron chi connectivity index (χ0n) is 26.9. The minimum absolute atomic E-state index is 0.150. The van der Waals surface area contributed by atoms with Gasteiger partial charge in [-0.1, -0.05) is 74.5 Å². The fourth-order valence-electron chi connectivity index (χ4n) is 5.32. The Hall–Kier alpha value is -4.25. The number of nitrogens with one attached hydrogen (secondary N) is 2. The van der Waals surface area contributed by atoms with Gasteiger partial charge < -0.3 is 24.4 Å². The Morgan fingerprint density at radius 1 is 1.04 bits per heavy atom. The van der Waals surface area contributed by atoms with E-state index in [1.807, 2.05) is 68.7 Å². The van der Waals surface area contributed by atoms with Crippen LogP contribution in [0, 0.1) is 5.41 Å². The van der Waals surface area contributed by atoms with Crippen molar-refractivity contribution in [3.05, 3.63) is 95.4 Å². The molecule has 3 aromatic rings. The van der Waals surface area contributed by atoms with Crippen molar-refractivity contribution in [3.63, 3.8) is 0 Å². The monoisotopic (exact) mass is 612 g/mol. The van der Waals surface area contributed by atoms with E-state index in [0.717, 1.165) is 67.1 Å². The highest BCUT2D eigenvalue weighted by Gasteiger charge is 2.27. The smallest absolute Gasteiger partial charge is 0.341 e. The van der Waals surface area contributed by atoms with Crippen LogP contribution in [0.2, 0.25) is 0 Å². The first-order valence-corrected chi connectivity index (χ1v) is 15.4. The van der Waals surface area contributed by atoms with Gasteiger partial charge in [0, 0.05) is 37.0 Å². The van der Waals surface area contributed by atoms with Gasteiger partial charge in [0.1, 0.15) is 18.1 Å². The van der Waals surface area contributed by atoms with Gasteiger partial charge >= 0.3 is 6.03 Å². The summed E-state index contributed by atoms with van der Waals surface area (Å²) in [4.78, 5) is 17.4. The molecule has 5 rings (SSSR count). The first kappa shape index (κ1) is 32.2. The quantitative estimate of drug-likeness (QED) is 0.196. The number of benzene rings is 3. The van der Waals surface area contributed by atoms with Gasteiger partial charge in [0.2, 0.25) is 0 Å². The number of nitrogens with zero attached hydrogens (tertiary/aromatic N) is 4. The Kier molecular flexibility index (Phi) is 10.5.